The molecule has 0 aliphatic carbocycles. The van der Waals surface area contributed by atoms with Crippen molar-refractivity contribution in [2.24, 2.45) is 5.73 Å². The van der Waals surface area contributed by atoms with Crippen LogP contribution in [0.25, 0.3) is 0 Å². The molecule has 2 rings (SSSR count). The van der Waals surface area contributed by atoms with Gasteiger partial charge in [-0.15, -0.1) is 0 Å². The van der Waals surface area contributed by atoms with Crippen molar-refractivity contribution in [2.45, 2.75) is 32.3 Å². The van der Waals surface area contributed by atoms with Gasteiger partial charge in [-0.1, -0.05) is 15.9 Å². The number of carbonyl (C=O) groups excluding carboxylic acids is 2. The molecular formula is C20H24BrF2N5O5S. The fourth-order valence-corrected chi connectivity index (χ4v) is 3.88. The lowest BCUT2D eigenvalue weighted by molar-refractivity contribution is -0.137. The van der Waals surface area contributed by atoms with E-state index in [1.165, 1.54) is 0 Å². The van der Waals surface area contributed by atoms with Crippen molar-refractivity contribution in [1.29, 1.82) is 0 Å². The zero-order chi connectivity index (χ0) is 25.1. The standard InChI is InChI=1S/C20H24BrF2N5O5S/c21-11-8-13(22)12(14(23)9-11)10-33-18-16(17(24)31)19(34-28-18)27-20(32)26-7-2-1-5-25-6-3-4-15(29)30/h8-9,25H,1-7,10H2,(H2,24,31)(H,29,30)(H2,26,27,32). The van der Waals surface area contributed by atoms with Crippen LogP contribution in [-0.2, 0) is 11.4 Å². The van der Waals surface area contributed by atoms with Gasteiger partial charge in [-0.3, -0.25) is 14.9 Å². The summed E-state index contributed by atoms with van der Waals surface area (Å²) in [5, 5.41) is 16.8. The fraction of sp³-hybridized carbons (Fsp3) is 0.400. The van der Waals surface area contributed by atoms with Crippen molar-refractivity contribution in [2.75, 3.05) is 25.0 Å². The fourth-order valence-electron chi connectivity index (χ4n) is 2.74. The van der Waals surface area contributed by atoms with Crippen molar-refractivity contribution in [3.63, 3.8) is 0 Å². The summed E-state index contributed by atoms with van der Waals surface area (Å²) < 4.78 is 37.4. The number of primary amides is 1. The molecule has 0 bridgehead atoms. The second kappa shape index (κ2) is 13.8. The van der Waals surface area contributed by atoms with E-state index in [0.717, 1.165) is 30.1 Å². The van der Waals surface area contributed by atoms with Crippen LogP contribution in [-0.4, -0.2) is 47.0 Å². The van der Waals surface area contributed by atoms with Crippen LogP contribution in [0.15, 0.2) is 16.6 Å². The maximum absolute atomic E-state index is 14.0. The molecule has 1 aromatic heterocycles. The Balaban J connectivity index is 1.81. The van der Waals surface area contributed by atoms with E-state index >= 15 is 0 Å². The van der Waals surface area contributed by atoms with Gasteiger partial charge in [0, 0.05) is 17.4 Å². The van der Waals surface area contributed by atoms with E-state index < -0.39 is 36.1 Å². The molecule has 10 nitrogen and oxygen atoms in total. The number of nitrogens with one attached hydrogen (secondary N) is 3. The molecule has 0 spiro atoms. The van der Waals surface area contributed by atoms with E-state index in [1.807, 2.05) is 0 Å². The van der Waals surface area contributed by atoms with Gasteiger partial charge in [0.1, 0.15) is 28.8 Å². The molecule has 0 atom stereocenters. The number of hydrogen-bond acceptors (Lipinski definition) is 7. The Morgan fingerprint density at radius 2 is 1.76 bits per heavy atom. The van der Waals surface area contributed by atoms with Crippen LogP contribution in [0.5, 0.6) is 5.88 Å². The minimum atomic E-state index is -0.926. The zero-order valence-electron chi connectivity index (χ0n) is 18.0. The van der Waals surface area contributed by atoms with Gasteiger partial charge in [0.05, 0.1) is 5.56 Å². The third-order valence-electron chi connectivity index (χ3n) is 4.40. The number of urea groups is 1. The summed E-state index contributed by atoms with van der Waals surface area (Å²) in [5.41, 5.74) is 4.82. The third kappa shape index (κ3) is 8.83. The van der Waals surface area contributed by atoms with Crippen LogP contribution >= 0.6 is 27.5 Å². The number of carboxylic acid groups (broad SMARTS) is 1. The maximum atomic E-state index is 14.0. The number of aliphatic carboxylic acids is 1. The Morgan fingerprint density at radius 3 is 2.41 bits per heavy atom. The highest BCUT2D eigenvalue weighted by Crippen LogP contribution is 2.31. The zero-order valence-corrected chi connectivity index (χ0v) is 20.4. The number of nitrogens with zero attached hydrogens (tertiary/aromatic N) is 1. The third-order valence-corrected chi connectivity index (χ3v) is 5.61. The van der Waals surface area contributed by atoms with Crippen molar-refractivity contribution in [3.8, 4) is 5.88 Å². The van der Waals surface area contributed by atoms with Crippen molar-refractivity contribution < 1.29 is 33.0 Å². The van der Waals surface area contributed by atoms with Crippen molar-refractivity contribution >= 4 is 50.4 Å². The molecule has 34 heavy (non-hydrogen) atoms. The van der Waals surface area contributed by atoms with E-state index in [4.69, 9.17) is 15.6 Å². The Bertz CT molecular complexity index is 1000. The van der Waals surface area contributed by atoms with Gasteiger partial charge in [0.15, 0.2) is 0 Å². The molecule has 0 aliphatic rings. The second-order valence-electron chi connectivity index (χ2n) is 7.03. The van der Waals surface area contributed by atoms with E-state index in [2.05, 4.69) is 36.3 Å². The van der Waals surface area contributed by atoms with E-state index in [-0.39, 0.29) is 32.9 Å². The van der Waals surface area contributed by atoms with Crippen LogP contribution in [0.1, 0.15) is 41.6 Å². The number of carbonyl (C=O) groups is 3. The van der Waals surface area contributed by atoms with Crippen LogP contribution in [0.4, 0.5) is 18.6 Å². The topological polar surface area (TPSA) is 156 Å². The van der Waals surface area contributed by atoms with Gasteiger partial charge in [0.2, 0.25) is 5.88 Å². The smallest absolute Gasteiger partial charge is 0.319 e. The van der Waals surface area contributed by atoms with Crippen LogP contribution in [0.2, 0.25) is 0 Å². The summed E-state index contributed by atoms with van der Waals surface area (Å²) in [6.45, 7) is 1.11. The molecule has 2 aromatic rings. The number of unbranched alkanes of at least 4 members (excludes halogenated alkanes) is 1. The second-order valence-corrected chi connectivity index (χ2v) is 8.72. The Hall–Kier alpha value is -2.84. The summed E-state index contributed by atoms with van der Waals surface area (Å²) in [7, 11) is 0. The number of amides is 3. The monoisotopic (exact) mass is 563 g/mol. The van der Waals surface area contributed by atoms with Crippen LogP contribution < -0.4 is 26.4 Å². The van der Waals surface area contributed by atoms with Gasteiger partial charge in [-0.2, -0.15) is 4.37 Å². The molecular weight excluding hydrogens is 540 g/mol. The van der Waals surface area contributed by atoms with Crippen LogP contribution in [0, 0.1) is 11.6 Å². The summed E-state index contributed by atoms with van der Waals surface area (Å²) in [5.74, 6) is -3.68. The number of aromatic nitrogens is 1. The van der Waals surface area contributed by atoms with E-state index in [0.29, 0.717) is 32.5 Å². The lowest BCUT2D eigenvalue weighted by Gasteiger charge is -2.09. The first kappa shape index (κ1) is 27.4. The predicted octanol–water partition coefficient (Wildman–Crippen LogP) is 3.22. The lowest BCUT2D eigenvalue weighted by atomic mass is 10.2. The molecule has 3 amide bonds. The number of nitrogens with two attached hydrogens (primary N) is 1. The summed E-state index contributed by atoms with van der Waals surface area (Å²) >= 11 is 3.72. The first-order valence-corrected chi connectivity index (χ1v) is 11.8. The molecule has 14 heteroatoms. The number of carboxylic acids is 1. The number of anilines is 1. The van der Waals surface area contributed by atoms with Gasteiger partial charge in [0.25, 0.3) is 5.91 Å². The molecule has 0 aliphatic heterocycles. The Morgan fingerprint density at radius 1 is 1.12 bits per heavy atom. The van der Waals surface area contributed by atoms with Crippen molar-refractivity contribution in [1.82, 2.24) is 15.0 Å². The van der Waals surface area contributed by atoms with Gasteiger partial charge in [-0.25, -0.2) is 13.6 Å². The molecule has 186 valence electrons. The molecule has 0 fully saturated rings. The first-order valence-electron chi connectivity index (χ1n) is 10.2. The summed E-state index contributed by atoms with van der Waals surface area (Å²) in [4.78, 5) is 34.4. The molecule has 0 unspecified atom stereocenters. The highest BCUT2D eigenvalue weighted by molar-refractivity contribution is 9.10. The quantitative estimate of drug-likeness (QED) is 0.221. The Labute approximate surface area is 206 Å². The average molecular weight is 564 g/mol. The molecule has 0 saturated heterocycles. The summed E-state index contributed by atoms with van der Waals surface area (Å²) in [6, 6.07) is 1.56. The Kier molecular flexibility index (Phi) is 11.1. The van der Waals surface area contributed by atoms with E-state index in [9.17, 15) is 23.2 Å². The number of halogens is 3. The number of rotatable bonds is 14. The largest absolute Gasteiger partial charge is 0.481 e. The molecule has 6 N–H and O–H groups in total. The minimum absolute atomic E-state index is 0.0387. The van der Waals surface area contributed by atoms with E-state index in [1.54, 1.807) is 0 Å². The number of benzene rings is 1. The molecule has 1 aromatic carbocycles. The highest BCUT2D eigenvalue weighted by Gasteiger charge is 2.23. The first-order chi connectivity index (χ1) is 16.2. The summed E-state index contributed by atoms with van der Waals surface area (Å²) in [6.07, 6.45) is 2.10. The number of hydrogen-bond donors (Lipinski definition) is 5. The van der Waals surface area contributed by atoms with Gasteiger partial charge < -0.3 is 26.2 Å². The highest BCUT2D eigenvalue weighted by atomic mass is 79.9. The predicted molar refractivity (Wildman–Crippen MR) is 125 cm³/mol. The molecule has 0 radical (unpaired) electrons. The van der Waals surface area contributed by atoms with Crippen LogP contribution in [0.3, 0.4) is 0 Å². The molecule has 0 saturated carbocycles. The maximum Gasteiger partial charge on any atom is 0.319 e. The van der Waals surface area contributed by atoms with Crippen molar-refractivity contribution in [3.05, 3.63) is 39.4 Å². The van der Waals surface area contributed by atoms with Gasteiger partial charge >= 0.3 is 12.0 Å². The average Bonchev–Trinajstić information content (AvgIpc) is 3.14. The normalized spacial score (nSPS) is 10.7. The molecule has 1 heterocycles. The minimum Gasteiger partial charge on any atom is -0.481 e. The lowest BCUT2D eigenvalue weighted by Crippen LogP contribution is -2.30. The van der Waals surface area contributed by atoms with Gasteiger partial charge in [-0.05, 0) is 56.0 Å². The number of ether oxygens (including phenoxy) is 1. The SMILES string of the molecule is NC(=O)c1c(OCc2c(F)cc(Br)cc2F)nsc1NC(=O)NCCCCNCCCC(=O)O.